The molecule has 120 valence electrons. The van der Waals surface area contributed by atoms with Gasteiger partial charge >= 0.3 is 0 Å². The number of nitrogens with one attached hydrogen (secondary N) is 1. The molecule has 0 fully saturated rings. The summed E-state index contributed by atoms with van der Waals surface area (Å²) >= 11 is 11.8. The second-order valence-corrected chi connectivity index (χ2v) is 5.28. The number of carbonyl (C=O) groups excluding carboxylic acids is 1. The van der Waals surface area contributed by atoms with Crippen LogP contribution >= 0.6 is 23.2 Å². The minimum atomic E-state index is -0.388. The number of benzene rings is 2. The first kappa shape index (κ1) is 17.1. The molecule has 0 unspecified atom stereocenters. The minimum absolute atomic E-state index is 0.166. The summed E-state index contributed by atoms with van der Waals surface area (Å²) in [7, 11) is 1.54. The van der Waals surface area contributed by atoms with E-state index < -0.39 is 0 Å². The molecule has 0 aromatic heterocycles. The Bertz CT molecular complexity index is 720. The Kier molecular flexibility index (Phi) is 6.26. The molecule has 0 atom stereocenters. The zero-order chi connectivity index (χ0) is 16.7. The zero-order valence-corrected chi connectivity index (χ0v) is 13.8. The number of methoxy groups -OCH3 is 1. The van der Waals surface area contributed by atoms with Crippen molar-refractivity contribution >= 4 is 35.3 Å². The highest BCUT2D eigenvalue weighted by Crippen LogP contribution is 2.24. The van der Waals surface area contributed by atoms with Crippen molar-refractivity contribution in [1.29, 1.82) is 0 Å². The van der Waals surface area contributed by atoms with E-state index in [0.717, 1.165) is 5.56 Å². The zero-order valence-electron chi connectivity index (χ0n) is 12.3. The van der Waals surface area contributed by atoms with E-state index in [1.54, 1.807) is 42.5 Å². The van der Waals surface area contributed by atoms with Crippen LogP contribution in [0.2, 0.25) is 10.0 Å². The van der Waals surface area contributed by atoms with Crippen molar-refractivity contribution in [1.82, 2.24) is 5.43 Å². The van der Waals surface area contributed by atoms with Crippen molar-refractivity contribution < 1.29 is 14.3 Å². The van der Waals surface area contributed by atoms with Crippen LogP contribution in [0.25, 0.3) is 0 Å². The summed E-state index contributed by atoms with van der Waals surface area (Å²) in [6.07, 6.45) is 1.47. The molecule has 0 aliphatic heterocycles. The van der Waals surface area contributed by atoms with Crippen LogP contribution in [0.1, 0.15) is 5.56 Å². The molecule has 0 heterocycles. The predicted octanol–water partition coefficient (Wildman–Crippen LogP) is 3.53. The van der Waals surface area contributed by atoms with E-state index in [1.807, 2.05) is 0 Å². The number of carbonyl (C=O) groups is 1. The van der Waals surface area contributed by atoms with E-state index in [9.17, 15) is 4.79 Å². The third-order valence-electron chi connectivity index (χ3n) is 2.74. The Morgan fingerprint density at radius 1 is 1.26 bits per heavy atom. The first-order chi connectivity index (χ1) is 11.1. The van der Waals surface area contributed by atoms with Crippen LogP contribution in [0.3, 0.4) is 0 Å². The highest BCUT2D eigenvalue weighted by atomic mass is 35.5. The lowest BCUT2D eigenvalue weighted by Crippen LogP contribution is -2.24. The molecule has 0 saturated heterocycles. The molecular weight excluding hydrogens is 339 g/mol. The van der Waals surface area contributed by atoms with Gasteiger partial charge in [-0.15, -0.1) is 0 Å². The Labute approximate surface area is 143 Å². The number of hydrogen-bond acceptors (Lipinski definition) is 4. The molecule has 5 nitrogen and oxygen atoms in total. The van der Waals surface area contributed by atoms with Gasteiger partial charge in [0.05, 0.1) is 18.3 Å². The molecule has 0 saturated carbocycles. The highest BCUT2D eigenvalue weighted by molar-refractivity contribution is 6.32. The first-order valence-electron chi connectivity index (χ1n) is 6.62. The molecule has 2 aromatic carbocycles. The molecule has 23 heavy (non-hydrogen) atoms. The molecule has 0 aliphatic rings. The monoisotopic (exact) mass is 352 g/mol. The number of hydrazone groups is 1. The Morgan fingerprint density at radius 2 is 2.09 bits per heavy atom. The number of halogens is 2. The maximum atomic E-state index is 11.6. The van der Waals surface area contributed by atoms with Crippen LogP contribution in [-0.4, -0.2) is 25.8 Å². The van der Waals surface area contributed by atoms with Crippen molar-refractivity contribution in [2.75, 3.05) is 13.7 Å². The molecule has 2 aromatic rings. The van der Waals surface area contributed by atoms with Crippen LogP contribution in [0.5, 0.6) is 11.5 Å². The number of amides is 1. The molecule has 0 aliphatic carbocycles. The van der Waals surface area contributed by atoms with Crippen molar-refractivity contribution in [3.05, 3.63) is 58.1 Å². The van der Waals surface area contributed by atoms with Gasteiger partial charge in [0.25, 0.3) is 5.91 Å². The molecule has 1 amide bonds. The van der Waals surface area contributed by atoms with Crippen LogP contribution < -0.4 is 14.9 Å². The Balaban J connectivity index is 1.83. The van der Waals surface area contributed by atoms with Gasteiger partial charge in [0.2, 0.25) is 0 Å². The number of nitrogens with zero attached hydrogens (tertiary/aromatic N) is 1. The molecule has 0 bridgehead atoms. The van der Waals surface area contributed by atoms with Gasteiger partial charge in [-0.25, -0.2) is 5.43 Å². The quantitative estimate of drug-likeness (QED) is 0.638. The van der Waals surface area contributed by atoms with Gasteiger partial charge in [-0.1, -0.05) is 29.3 Å². The van der Waals surface area contributed by atoms with Gasteiger partial charge in [0.1, 0.15) is 11.5 Å². The maximum Gasteiger partial charge on any atom is 0.277 e. The van der Waals surface area contributed by atoms with E-state index >= 15 is 0 Å². The molecular formula is C16H14Cl2N2O3. The predicted molar refractivity (Wildman–Crippen MR) is 90.7 cm³/mol. The van der Waals surface area contributed by atoms with Crippen molar-refractivity contribution in [2.45, 2.75) is 0 Å². The number of hydrogen-bond donors (Lipinski definition) is 1. The third-order valence-corrected chi connectivity index (χ3v) is 3.28. The van der Waals surface area contributed by atoms with E-state index in [0.29, 0.717) is 21.5 Å². The lowest BCUT2D eigenvalue weighted by molar-refractivity contribution is -0.123. The fraction of sp³-hybridized carbons (Fsp3) is 0.125. The van der Waals surface area contributed by atoms with E-state index in [-0.39, 0.29) is 12.5 Å². The largest absolute Gasteiger partial charge is 0.495 e. The topological polar surface area (TPSA) is 59.9 Å². The van der Waals surface area contributed by atoms with Gasteiger partial charge in [-0.2, -0.15) is 5.10 Å². The average molecular weight is 353 g/mol. The fourth-order valence-corrected chi connectivity index (χ4v) is 2.13. The molecule has 7 heteroatoms. The Hall–Kier alpha value is -2.24. The van der Waals surface area contributed by atoms with Gasteiger partial charge in [0, 0.05) is 5.02 Å². The normalized spacial score (nSPS) is 10.6. The number of rotatable bonds is 6. The van der Waals surface area contributed by atoms with Crippen molar-refractivity contribution in [3.8, 4) is 11.5 Å². The summed E-state index contributed by atoms with van der Waals surface area (Å²) in [6, 6.07) is 12.0. The molecule has 2 rings (SSSR count). The van der Waals surface area contributed by atoms with Crippen LogP contribution in [-0.2, 0) is 4.79 Å². The lowest BCUT2D eigenvalue weighted by atomic mass is 10.2. The molecule has 0 radical (unpaired) electrons. The second-order valence-electron chi connectivity index (χ2n) is 4.43. The summed E-state index contributed by atoms with van der Waals surface area (Å²) in [5.74, 6) is 0.696. The summed E-state index contributed by atoms with van der Waals surface area (Å²) in [6.45, 7) is -0.166. The maximum absolute atomic E-state index is 11.6. The van der Waals surface area contributed by atoms with Gasteiger partial charge in [-0.3, -0.25) is 4.79 Å². The lowest BCUT2D eigenvalue weighted by Gasteiger charge is -2.05. The first-order valence-corrected chi connectivity index (χ1v) is 7.38. The van der Waals surface area contributed by atoms with Crippen molar-refractivity contribution in [3.63, 3.8) is 0 Å². The standard InChI is InChI=1S/C16H14Cl2N2O3/c1-22-15-6-5-11(7-14(15)18)9-19-20-16(21)10-23-13-4-2-3-12(17)8-13/h2-9H,10H2,1H3,(H,20,21)/b19-9-. The summed E-state index contributed by atoms with van der Waals surface area (Å²) in [5, 5.41) is 4.84. The van der Waals surface area contributed by atoms with Crippen LogP contribution in [0.4, 0.5) is 0 Å². The van der Waals surface area contributed by atoms with Crippen LogP contribution in [0, 0.1) is 0 Å². The van der Waals surface area contributed by atoms with E-state index in [2.05, 4.69) is 10.5 Å². The Morgan fingerprint density at radius 3 is 2.78 bits per heavy atom. The fourth-order valence-electron chi connectivity index (χ4n) is 1.68. The number of ether oxygens (including phenoxy) is 2. The van der Waals surface area contributed by atoms with Gasteiger partial charge in [0.15, 0.2) is 6.61 Å². The minimum Gasteiger partial charge on any atom is -0.495 e. The van der Waals surface area contributed by atoms with Crippen molar-refractivity contribution in [2.24, 2.45) is 5.10 Å². The second kappa shape index (κ2) is 8.41. The smallest absolute Gasteiger partial charge is 0.277 e. The third kappa shape index (κ3) is 5.47. The van der Waals surface area contributed by atoms with Gasteiger partial charge < -0.3 is 9.47 Å². The highest BCUT2D eigenvalue weighted by Gasteiger charge is 2.03. The van der Waals surface area contributed by atoms with Crippen LogP contribution in [0.15, 0.2) is 47.6 Å². The average Bonchev–Trinajstić information content (AvgIpc) is 2.53. The molecule has 0 spiro atoms. The van der Waals surface area contributed by atoms with E-state index in [4.69, 9.17) is 32.7 Å². The summed E-state index contributed by atoms with van der Waals surface area (Å²) < 4.78 is 10.3. The summed E-state index contributed by atoms with van der Waals surface area (Å²) in [5.41, 5.74) is 3.09. The SMILES string of the molecule is COc1ccc(/C=N\NC(=O)COc2cccc(Cl)c2)cc1Cl. The van der Waals surface area contributed by atoms with Gasteiger partial charge in [-0.05, 0) is 42.0 Å². The molecule has 1 N–H and O–H groups in total. The van der Waals surface area contributed by atoms with E-state index in [1.165, 1.54) is 13.3 Å². The summed E-state index contributed by atoms with van der Waals surface area (Å²) in [4.78, 5) is 11.6.